The number of hydrogen-bond acceptors (Lipinski definition) is 4. The predicted octanol–water partition coefficient (Wildman–Crippen LogP) is 0.0733. The molecule has 2 N–H and O–H groups in total. The van der Waals surface area contributed by atoms with Crippen LogP contribution in [0.2, 0.25) is 0 Å². The summed E-state index contributed by atoms with van der Waals surface area (Å²) < 4.78 is 16.3. The molecular formula is C13H25N3O3. The van der Waals surface area contributed by atoms with Gasteiger partial charge in [0.1, 0.15) is 0 Å². The maximum absolute atomic E-state index is 6.06. The smallest absolute Gasteiger partial charge is 0.191 e. The quantitative estimate of drug-likeness (QED) is 0.581. The molecule has 2 heterocycles. The molecule has 0 amide bonds. The Morgan fingerprint density at radius 2 is 2.32 bits per heavy atom. The fourth-order valence-corrected chi connectivity index (χ4v) is 2.56. The maximum atomic E-state index is 6.06. The van der Waals surface area contributed by atoms with Gasteiger partial charge in [-0.2, -0.15) is 0 Å². The van der Waals surface area contributed by atoms with Crippen LogP contribution in [0.4, 0.5) is 0 Å². The number of ether oxygens (including phenoxy) is 3. The van der Waals surface area contributed by atoms with E-state index in [2.05, 4.69) is 16.8 Å². The van der Waals surface area contributed by atoms with Gasteiger partial charge in [-0.1, -0.05) is 0 Å². The average molecular weight is 271 g/mol. The number of nitrogens with two attached hydrogens (primary N) is 1. The first-order valence-corrected chi connectivity index (χ1v) is 6.97. The van der Waals surface area contributed by atoms with Crippen molar-refractivity contribution in [3.63, 3.8) is 0 Å². The molecule has 0 bridgehead atoms. The second-order valence-corrected chi connectivity index (χ2v) is 5.22. The molecule has 2 rings (SSSR count). The second-order valence-electron chi connectivity index (χ2n) is 5.22. The molecule has 19 heavy (non-hydrogen) atoms. The van der Waals surface area contributed by atoms with E-state index in [1.165, 1.54) is 0 Å². The molecule has 3 atom stereocenters. The van der Waals surface area contributed by atoms with Gasteiger partial charge in [-0.05, 0) is 13.3 Å². The van der Waals surface area contributed by atoms with Crippen LogP contribution in [-0.2, 0) is 14.2 Å². The Morgan fingerprint density at radius 3 is 3.05 bits per heavy atom. The van der Waals surface area contributed by atoms with Gasteiger partial charge in [-0.25, -0.2) is 0 Å². The Labute approximate surface area is 114 Å². The van der Waals surface area contributed by atoms with Crippen molar-refractivity contribution in [3.05, 3.63) is 0 Å². The lowest BCUT2D eigenvalue weighted by Gasteiger charge is -2.33. The molecular weight excluding hydrogens is 246 g/mol. The Morgan fingerprint density at radius 1 is 1.47 bits per heavy atom. The first kappa shape index (κ1) is 14.6. The van der Waals surface area contributed by atoms with Crippen molar-refractivity contribution in [2.24, 2.45) is 16.6 Å². The van der Waals surface area contributed by atoms with E-state index in [1.807, 2.05) is 0 Å². The minimum absolute atomic E-state index is 0.133. The van der Waals surface area contributed by atoms with E-state index in [0.717, 1.165) is 32.7 Å². The molecule has 2 aliphatic heterocycles. The van der Waals surface area contributed by atoms with Crippen LogP contribution in [0.3, 0.4) is 0 Å². The number of hydrogen-bond donors (Lipinski definition) is 1. The van der Waals surface area contributed by atoms with Gasteiger partial charge < -0.3 is 24.8 Å². The third-order valence-electron chi connectivity index (χ3n) is 3.80. The highest BCUT2D eigenvalue weighted by atomic mass is 16.5. The normalized spacial score (nSPS) is 33.5. The van der Waals surface area contributed by atoms with E-state index in [9.17, 15) is 0 Å². The van der Waals surface area contributed by atoms with Crippen LogP contribution in [0.25, 0.3) is 0 Å². The van der Waals surface area contributed by atoms with Gasteiger partial charge >= 0.3 is 0 Å². The van der Waals surface area contributed by atoms with Crippen molar-refractivity contribution in [1.29, 1.82) is 0 Å². The van der Waals surface area contributed by atoms with Gasteiger partial charge in [-0.15, -0.1) is 0 Å². The van der Waals surface area contributed by atoms with Crippen molar-refractivity contribution < 1.29 is 14.2 Å². The predicted molar refractivity (Wildman–Crippen MR) is 73.2 cm³/mol. The molecule has 0 saturated carbocycles. The number of rotatable bonds is 3. The number of nitrogens with zero attached hydrogens (tertiary/aromatic N) is 2. The molecule has 0 radical (unpaired) electrons. The zero-order chi connectivity index (χ0) is 13.7. The van der Waals surface area contributed by atoms with Crippen molar-refractivity contribution in [2.45, 2.75) is 25.6 Å². The van der Waals surface area contributed by atoms with Gasteiger partial charge in [0.2, 0.25) is 0 Å². The van der Waals surface area contributed by atoms with Gasteiger partial charge in [0.25, 0.3) is 0 Å². The summed E-state index contributed by atoms with van der Waals surface area (Å²) >= 11 is 0. The molecule has 3 unspecified atom stereocenters. The molecule has 6 heteroatoms. The molecule has 2 fully saturated rings. The Bertz CT molecular complexity index is 312. The third-order valence-corrected chi connectivity index (χ3v) is 3.80. The first-order chi connectivity index (χ1) is 9.20. The largest absolute Gasteiger partial charge is 0.379 e. The van der Waals surface area contributed by atoms with Gasteiger partial charge in [0, 0.05) is 39.3 Å². The SMILES string of the molecule is COC1COCCC1CN=C(N)N1CCOC(C)C1. The Kier molecular flexibility index (Phi) is 5.42. The van der Waals surface area contributed by atoms with Gasteiger partial charge in [-0.3, -0.25) is 4.99 Å². The fourth-order valence-electron chi connectivity index (χ4n) is 2.56. The van der Waals surface area contributed by atoms with E-state index >= 15 is 0 Å². The molecule has 0 aromatic carbocycles. The summed E-state index contributed by atoms with van der Waals surface area (Å²) in [6, 6.07) is 0. The molecule has 2 aliphatic rings. The monoisotopic (exact) mass is 271 g/mol. The lowest BCUT2D eigenvalue weighted by molar-refractivity contribution is -0.0625. The van der Waals surface area contributed by atoms with Crippen LogP contribution >= 0.6 is 0 Å². The van der Waals surface area contributed by atoms with Crippen molar-refractivity contribution >= 4 is 5.96 Å². The Balaban J connectivity index is 1.85. The average Bonchev–Trinajstić information content (AvgIpc) is 2.45. The highest BCUT2D eigenvalue weighted by molar-refractivity contribution is 5.78. The number of methoxy groups -OCH3 is 1. The lowest BCUT2D eigenvalue weighted by Crippen LogP contribution is -2.48. The highest BCUT2D eigenvalue weighted by Crippen LogP contribution is 2.18. The summed E-state index contributed by atoms with van der Waals surface area (Å²) in [6.07, 6.45) is 1.33. The molecule has 0 spiro atoms. The zero-order valence-corrected chi connectivity index (χ0v) is 11.9. The van der Waals surface area contributed by atoms with E-state index in [0.29, 0.717) is 25.0 Å². The van der Waals surface area contributed by atoms with Crippen LogP contribution in [0.5, 0.6) is 0 Å². The first-order valence-electron chi connectivity index (χ1n) is 6.97. The summed E-state index contributed by atoms with van der Waals surface area (Å²) in [6.45, 7) is 6.56. The number of guanidine groups is 1. The van der Waals surface area contributed by atoms with E-state index < -0.39 is 0 Å². The lowest BCUT2D eigenvalue weighted by atomic mass is 9.97. The summed E-state index contributed by atoms with van der Waals surface area (Å²) in [5, 5.41) is 0. The van der Waals surface area contributed by atoms with Crippen LogP contribution in [-0.4, -0.2) is 69.6 Å². The molecule has 0 aromatic rings. The van der Waals surface area contributed by atoms with E-state index in [1.54, 1.807) is 7.11 Å². The Hall–Kier alpha value is -0.850. The van der Waals surface area contributed by atoms with Crippen molar-refractivity contribution in [2.75, 3.05) is 46.6 Å². The van der Waals surface area contributed by atoms with E-state index in [4.69, 9.17) is 19.9 Å². The minimum atomic E-state index is 0.133. The molecule has 0 aliphatic carbocycles. The van der Waals surface area contributed by atoms with Crippen LogP contribution < -0.4 is 5.73 Å². The van der Waals surface area contributed by atoms with Crippen LogP contribution in [0.15, 0.2) is 4.99 Å². The zero-order valence-electron chi connectivity index (χ0n) is 11.9. The van der Waals surface area contributed by atoms with Crippen LogP contribution in [0, 0.1) is 5.92 Å². The third kappa shape index (κ3) is 4.06. The van der Waals surface area contributed by atoms with E-state index in [-0.39, 0.29) is 12.2 Å². The molecule has 110 valence electrons. The van der Waals surface area contributed by atoms with Crippen molar-refractivity contribution in [3.8, 4) is 0 Å². The van der Waals surface area contributed by atoms with Gasteiger partial charge in [0.05, 0.1) is 25.4 Å². The standard InChI is InChI=1S/C13H25N3O3/c1-10-8-16(4-6-19-10)13(14)15-7-11-3-5-18-9-12(11)17-2/h10-12H,3-9H2,1-2H3,(H2,14,15). The second kappa shape index (κ2) is 7.07. The number of aliphatic imine (C=N–C) groups is 1. The minimum Gasteiger partial charge on any atom is -0.379 e. The van der Waals surface area contributed by atoms with Crippen molar-refractivity contribution in [1.82, 2.24) is 4.90 Å². The summed E-state index contributed by atoms with van der Waals surface area (Å²) in [4.78, 5) is 6.63. The maximum Gasteiger partial charge on any atom is 0.191 e. The molecule has 6 nitrogen and oxygen atoms in total. The molecule has 0 aromatic heterocycles. The fraction of sp³-hybridized carbons (Fsp3) is 0.923. The van der Waals surface area contributed by atoms with Crippen LogP contribution in [0.1, 0.15) is 13.3 Å². The summed E-state index contributed by atoms with van der Waals surface area (Å²) in [7, 11) is 1.73. The summed E-state index contributed by atoms with van der Waals surface area (Å²) in [5.74, 6) is 1.02. The topological polar surface area (TPSA) is 69.3 Å². The number of morpholine rings is 1. The summed E-state index contributed by atoms with van der Waals surface area (Å²) in [5.41, 5.74) is 6.06. The van der Waals surface area contributed by atoms with Gasteiger partial charge in [0.15, 0.2) is 5.96 Å². The molecule has 2 saturated heterocycles. The highest BCUT2D eigenvalue weighted by Gasteiger charge is 2.26.